The van der Waals surface area contributed by atoms with Crippen molar-refractivity contribution in [3.63, 3.8) is 0 Å². The molecule has 0 aliphatic carbocycles. The Bertz CT molecular complexity index is 313. The number of rotatable bonds is 5. The Morgan fingerprint density at radius 2 is 1.94 bits per heavy atom. The summed E-state index contributed by atoms with van der Waals surface area (Å²) in [5.74, 6) is 0. The summed E-state index contributed by atoms with van der Waals surface area (Å²) in [6.07, 6.45) is 0. The van der Waals surface area contributed by atoms with E-state index in [1.807, 2.05) is 13.8 Å². The molecule has 0 aromatic rings. The molecule has 1 fully saturated rings. The molecule has 0 aromatic carbocycles. The van der Waals surface area contributed by atoms with E-state index >= 15 is 0 Å². The van der Waals surface area contributed by atoms with Gasteiger partial charge in [0.05, 0.1) is 13.2 Å². The molecule has 1 heterocycles. The maximum atomic E-state index is 11.2. The fourth-order valence-electron chi connectivity index (χ4n) is 1.61. The molecule has 0 amide bonds. The molecule has 0 radical (unpaired) electrons. The van der Waals surface area contributed by atoms with Crippen LogP contribution in [0, 0.1) is 0 Å². The number of ether oxygens (including phenoxy) is 1. The molecule has 1 aliphatic heterocycles. The number of hydrogen-bond donors (Lipinski definition) is 1. The third kappa shape index (κ3) is 4.18. The van der Waals surface area contributed by atoms with Gasteiger partial charge >= 0.3 is 0 Å². The van der Waals surface area contributed by atoms with E-state index < -0.39 is 15.2 Å². The molecule has 5 nitrogen and oxygen atoms in total. The molecular weight excluding hydrogens is 252 g/mol. The van der Waals surface area contributed by atoms with Crippen molar-refractivity contribution in [1.82, 2.24) is 9.62 Å². The van der Waals surface area contributed by atoms with Gasteiger partial charge < -0.3 is 4.74 Å². The van der Waals surface area contributed by atoms with Crippen LogP contribution in [0.4, 0.5) is 0 Å². The fraction of sp³-hybridized carbons (Fsp3) is 1.00. The maximum Gasteiger partial charge on any atom is 0.225 e. The van der Waals surface area contributed by atoms with E-state index in [1.165, 1.54) is 0 Å². The van der Waals surface area contributed by atoms with Crippen LogP contribution >= 0.6 is 11.6 Å². The van der Waals surface area contributed by atoms with Crippen molar-refractivity contribution in [1.29, 1.82) is 0 Å². The van der Waals surface area contributed by atoms with Crippen molar-refractivity contribution in [2.45, 2.75) is 19.4 Å². The molecule has 16 heavy (non-hydrogen) atoms. The van der Waals surface area contributed by atoms with Gasteiger partial charge in [-0.05, 0) is 13.8 Å². The zero-order valence-corrected chi connectivity index (χ0v) is 11.3. The first kappa shape index (κ1) is 14.2. The molecule has 1 rings (SSSR count). The molecule has 96 valence electrons. The summed E-state index contributed by atoms with van der Waals surface area (Å²) < 4.78 is 30.2. The Labute approximate surface area is 102 Å². The predicted octanol–water partition coefficient (Wildman–Crippen LogP) is 0.213. The van der Waals surface area contributed by atoms with Crippen molar-refractivity contribution in [3.05, 3.63) is 0 Å². The molecule has 0 atom stereocenters. The molecule has 0 bridgehead atoms. The number of morpholine rings is 1. The van der Waals surface area contributed by atoms with Gasteiger partial charge in [0.25, 0.3) is 0 Å². The van der Waals surface area contributed by atoms with Gasteiger partial charge in [0, 0.05) is 25.2 Å². The second-order valence-electron chi connectivity index (χ2n) is 4.46. The van der Waals surface area contributed by atoms with Crippen LogP contribution < -0.4 is 4.72 Å². The summed E-state index contributed by atoms with van der Waals surface area (Å²) in [7, 11) is -3.33. The van der Waals surface area contributed by atoms with E-state index in [1.54, 1.807) is 0 Å². The van der Waals surface area contributed by atoms with Crippen LogP contribution in [0.1, 0.15) is 13.8 Å². The lowest BCUT2D eigenvalue weighted by atomic mass is 10.0. The predicted molar refractivity (Wildman–Crippen MR) is 64.1 cm³/mol. The van der Waals surface area contributed by atoms with Crippen LogP contribution in [0.3, 0.4) is 0 Å². The Morgan fingerprint density at radius 1 is 1.38 bits per heavy atom. The summed E-state index contributed by atoms with van der Waals surface area (Å²) in [6, 6.07) is 0. The number of hydrogen-bond acceptors (Lipinski definition) is 4. The van der Waals surface area contributed by atoms with Crippen LogP contribution in [0.15, 0.2) is 0 Å². The van der Waals surface area contributed by atoms with Crippen molar-refractivity contribution < 1.29 is 13.2 Å². The normalized spacial score (nSPS) is 19.9. The molecule has 1 aliphatic rings. The quantitative estimate of drug-likeness (QED) is 0.726. The molecule has 0 unspecified atom stereocenters. The second-order valence-corrected chi connectivity index (χ2v) is 6.85. The first-order valence-electron chi connectivity index (χ1n) is 5.23. The molecule has 1 N–H and O–H groups in total. The van der Waals surface area contributed by atoms with E-state index in [0.717, 1.165) is 13.1 Å². The smallest absolute Gasteiger partial charge is 0.225 e. The minimum Gasteiger partial charge on any atom is -0.379 e. The Kier molecular flexibility index (Phi) is 5.00. The maximum absolute atomic E-state index is 11.2. The van der Waals surface area contributed by atoms with E-state index in [9.17, 15) is 8.42 Å². The van der Waals surface area contributed by atoms with E-state index in [4.69, 9.17) is 16.3 Å². The number of alkyl halides is 1. The number of halogens is 1. The second kappa shape index (κ2) is 5.64. The lowest BCUT2D eigenvalue weighted by Crippen LogP contribution is -2.55. The Balaban J connectivity index is 2.50. The van der Waals surface area contributed by atoms with E-state index in [2.05, 4.69) is 9.62 Å². The van der Waals surface area contributed by atoms with Crippen molar-refractivity contribution in [2.75, 3.05) is 38.1 Å². The number of nitrogens with zero attached hydrogens (tertiary/aromatic N) is 1. The van der Waals surface area contributed by atoms with Crippen LogP contribution in [0.25, 0.3) is 0 Å². The monoisotopic (exact) mass is 270 g/mol. The van der Waals surface area contributed by atoms with Crippen LogP contribution in [0.5, 0.6) is 0 Å². The summed E-state index contributed by atoms with van der Waals surface area (Å²) in [6.45, 7) is 7.44. The zero-order valence-electron chi connectivity index (χ0n) is 9.70. The molecule has 0 spiro atoms. The highest BCUT2D eigenvalue weighted by Gasteiger charge is 2.29. The molecule has 0 saturated carbocycles. The summed E-state index contributed by atoms with van der Waals surface area (Å²) in [5.41, 5.74) is -0.219. The van der Waals surface area contributed by atoms with Crippen molar-refractivity contribution in [3.8, 4) is 0 Å². The van der Waals surface area contributed by atoms with E-state index in [-0.39, 0.29) is 5.54 Å². The van der Waals surface area contributed by atoms with Crippen molar-refractivity contribution in [2.24, 2.45) is 0 Å². The van der Waals surface area contributed by atoms with Gasteiger partial charge in [-0.3, -0.25) is 4.90 Å². The van der Waals surface area contributed by atoms with Gasteiger partial charge in [0.1, 0.15) is 5.21 Å². The highest BCUT2D eigenvalue weighted by Crippen LogP contribution is 2.15. The van der Waals surface area contributed by atoms with Gasteiger partial charge in [-0.15, -0.1) is 11.6 Å². The van der Waals surface area contributed by atoms with Gasteiger partial charge in [0.15, 0.2) is 0 Å². The lowest BCUT2D eigenvalue weighted by Gasteiger charge is -2.40. The lowest BCUT2D eigenvalue weighted by molar-refractivity contribution is -0.00802. The topological polar surface area (TPSA) is 58.6 Å². The van der Waals surface area contributed by atoms with Crippen LogP contribution in [-0.4, -0.2) is 56.9 Å². The van der Waals surface area contributed by atoms with Gasteiger partial charge in [-0.2, -0.15) is 0 Å². The summed E-state index contributed by atoms with van der Waals surface area (Å²) in [4.78, 5) is 2.22. The number of nitrogens with one attached hydrogen (secondary N) is 1. The van der Waals surface area contributed by atoms with Gasteiger partial charge in [-0.25, -0.2) is 13.1 Å². The van der Waals surface area contributed by atoms with Crippen molar-refractivity contribution >= 4 is 21.6 Å². The average Bonchev–Trinajstić information content (AvgIpc) is 2.28. The molecule has 0 aromatic heterocycles. The largest absolute Gasteiger partial charge is 0.379 e. The summed E-state index contributed by atoms with van der Waals surface area (Å²) in [5, 5.41) is -0.397. The minimum atomic E-state index is -3.33. The first-order chi connectivity index (χ1) is 7.37. The summed E-state index contributed by atoms with van der Waals surface area (Å²) >= 11 is 5.32. The van der Waals surface area contributed by atoms with E-state index in [0.29, 0.717) is 19.8 Å². The first-order valence-corrected chi connectivity index (χ1v) is 7.42. The zero-order chi connectivity index (χ0) is 12.2. The van der Waals surface area contributed by atoms with Crippen LogP contribution in [-0.2, 0) is 14.8 Å². The van der Waals surface area contributed by atoms with Gasteiger partial charge in [0.2, 0.25) is 10.0 Å². The highest BCUT2D eigenvalue weighted by atomic mass is 35.5. The standard InChI is InChI=1S/C9H19ClN2O3S/c1-9(2,7-11-16(13,14)8-10)12-3-5-15-6-4-12/h11H,3-8H2,1-2H3. The molecular formula is C9H19ClN2O3S. The third-order valence-electron chi connectivity index (χ3n) is 2.74. The fourth-order valence-corrected chi connectivity index (χ4v) is 2.49. The third-order valence-corrected chi connectivity index (χ3v) is 4.47. The highest BCUT2D eigenvalue weighted by molar-refractivity contribution is 7.90. The van der Waals surface area contributed by atoms with Crippen LogP contribution in [0.2, 0.25) is 0 Å². The Morgan fingerprint density at radius 3 is 2.44 bits per heavy atom. The van der Waals surface area contributed by atoms with Gasteiger partial charge in [-0.1, -0.05) is 0 Å². The molecule has 1 saturated heterocycles. The number of sulfonamides is 1. The average molecular weight is 271 g/mol. The Hall–Kier alpha value is 0.120. The minimum absolute atomic E-state index is 0.219. The SMILES string of the molecule is CC(C)(CNS(=O)(=O)CCl)N1CCOCC1. The molecule has 7 heteroatoms.